The lowest BCUT2D eigenvalue weighted by Crippen LogP contribution is -2.30. The monoisotopic (exact) mass is 247 g/mol. The molecule has 0 bridgehead atoms. The van der Waals surface area contributed by atoms with Crippen LogP contribution in [0.5, 0.6) is 0 Å². The van der Waals surface area contributed by atoms with Gasteiger partial charge in [-0.1, -0.05) is 63.9 Å². The standard InChI is InChI=1S/C17H29N/c1-5-6-12-17(3,4)13-15(2)18-14-16-10-8-7-9-11-16/h7-11,15,18H,5-6,12-14H2,1-4H3. The van der Waals surface area contributed by atoms with E-state index in [1.54, 1.807) is 0 Å². The van der Waals surface area contributed by atoms with E-state index in [1.807, 2.05) is 0 Å². The second-order valence-electron chi connectivity index (χ2n) is 6.24. The summed E-state index contributed by atoms with van der Waals surface area (Å²) in [5, 5.41) is 3.63. The number of rotatable bonds is 8. The van der Waals surface area contributed by atoms with Crippen molar-refractivity contribution in [1.82, 2.24) is 5.32 Å². The van der Waals surface area contributed by atoms with Crippen molar-refractivity contribution in [1.29, 1.82) is 0 Å². The Balaban J connectivity index is 2.30. The molecule has 1 atom stereocenters. The van der Waals surface area contributed by atoms with Gasteiger partial charge in [-0.3, -0.25) is 0 Å². The molecule has 102 valence electrons. The van der Waals surface area contributed by atoms with E-state index in [1.165, 1.54) is 31.2 Å². The molecule has 1 aromatic carbocycles. The Labute approximate surface area is 113 Å². The lowest BCUT2D eigenvalue weighted by atomic mass is 9.81. The minimum Gasteiger partial charge on any atom is -0.310 e. The van der Waals surface area contributed by atoms with E-state index in [4.69, 9.17) is 0 Å². The topological polar surface area (TPSA) is 12.0 Å². The van der Waals surface area contributed by atoms with Gasteiger partial charge in [-0.05, 0) is 30.7 Å². The van der Waals surface area contributed by atoms with Gasteiger partial charge in [-0.25, -0.2) is 0 Å². The highest BCUT2D eigenvalue weighted by atomic mass is 14.9. The van der Waals surface area contributed by atoms with E-state index in [-0.39, 0.29) is 0 Å². The van der Waals surface area contributed by atoms with Gasteiger partial charge in [0.05, 0.1) is 0 Å². The van der Waals surface area contributed by atoms with E-state index < -0.39 is 0 Å². The summed E-state index contributed by atoms with van der Waals surface area (Å²) in [5.41, 5.74) is 1.83. The molecule has 0 aliphatic carbocycles. The van der Waals surface area contributed by atoms with E-state index in [2.05, 4.69) is 63.3 Å². The third-order valence-corrected chi connectivity index (χ3v) is 3.56. The summed E-state index contributed by atoms with van der Waals surface area (Å²) in [6.07, 6.45) is 5.23. The maximum absolute atomic E-state index is 3.63. The molecule has 0 aromatic heterocycles. The molecule has 1 N–H and O–H groups in total. The normalized spacial score (nSPS) is 13.6. The first-order chi connectivity index (χ1) is 8.53. The molecule has 0 radical (unpaired) electrons. The quantitative estimate of drug-likeness (QED) is 0.697. The van der Waals surface area contributed by atoms with Crippen LogP contribution in [0.3, 0.4) is 0 Å². The fraction of sp³-hybridized carbons (Fsp3) is 0.647. The molecule has 1 nitrogen and oxygen atoms in total. The largest absolute Gasteiger partial charge is 0.310 e. The van der Waals surface area contributed by atoms with Crippen molar-refractivity contribution in [3.8, 4) is 0 Å². The van der Waals surface area contributed by atoms with Gasteiger partial charge in [0, 0.05) is 12.6 Å². The third kappa shape index (κ3) is 6.20. The van der Waals surface area contributed by atoms with Gasteiger partial charge in [0.2, 0.25) is 0 Å². The fourth-order valence-corrected chi connectivity index (χ4v) is 2.55. The Morgan fingerprint density at radius 3 is 2.44 bits per heavy atom. The van der Waals surface area contributed by atoms with Gasteiger partial charge in [0.15, 0.2) is 0 Å². The van der Waals surface area contributed by atoms with Crippen LogP contribution in [0.4, 0.5) is 0 Å². The summed E-state index contributed by atoms with van der Waals surface area (Å²) in [4.78, 5) is 0. The summed E-state index contributed by atoms with van der Waals surface area (Å²) < 4.78 is 0. The van der Waals surface area contributed by atoms with Crippen LogP contribution < -0.4 is 5.32 Å². The first kappa shape index (κ1) is 15.2. The zero-order chi connectivity index (χ0) is 13.4. The second-order valence-corrected chi connectivity index (χ2v) is 6.24. The van der Waals surface area contributed by atoms with Gasteiger partial charge in [-0.2, -0.15) is 0 Å². The lowest BCUT2D eigenvalue weighted by Gasteiger charge is -2.28. The molecule has 0 aliphatic heterocycles. The predicted molar refractivity (Wildman–Crippen MR) is 80.7 cm³/mol. The average Bonchev–Trinajstić information content (AvgIpc) is 2.35. The molecular formula is C17H29N. The molecule has 1 heteroatoms. The second kappa shape index (κ2) is 7.58. The fourth-order valence-electron chi connectivity index (χ4n) is 2.55. The van der Waals surface area contributed by atoms with Crippen molar-refractivity contribution in [2.24, 2.45) is 5.41 Å². The summed E-state index contributed by atoms with van der Waals surface area (Å²) in [6, 6.07) is 11.2. The van der Waals surface area contributed by atoms with Gasteiger partial charge < -0.3 is 5.32 Å². The van der Waals surface area contributed by atoms with Crippen LogP contribution in [0.15, 0.2) is 30.3 Å². The van der Waals surface area contributed by atoms with Crippen LogP contribution in [0.2, 0.25) is 0 Å². The first-order valence-corrected chi connectivity index (χ1v) is 7.31. The highest BCUT2D eigenvalue weighted by Gasteiger charge is 2.20. The molecule has 0 spiro atoms. The maximum Gasteiger partial charge on any atom is 0.0207 e. The van der Waals surface area contributed by atoms with Crippen molar-refractivity contribution in [3.05, 3.63) is 35.9 Å². The highest BCUT2D eigenvalue weighted by Crippen LogP contribution is 2.28. The molecule has 0 aliphatic rings. The zero-order valence-corrected chi connectivity index (χ0v) is 12.5. The third-order valence-electron chi connectivity index (χ3n) is 3.56. The van der Waals surface area contributed by atoms with Crippen LogP contribution >= 0.6 is 0 Å². The molecule has 1 aromatic rings. The van der Waals surface area contributed by atoms with E-state index in [9.17, 15) is 0 Å². The summed E-state index contributed by atoms with van der Waals surface area (Å²) in [7, 11) is 0. The number of nitrogens with one attached hydrogen (secondary N) is 1. The Bertz CT molecular complexity index is 316. The average molecular weight is 247 g/mol. The molecule has 0 saturated heterocycles. The van der Waals surface area contributed by atoms with Gasteiger partial charge in [0.1, 0.15) is 0 Å². The Morgan fingerprint density at radius 2 is 1.83 bits per heavy atom. The van der Waals surface area contributed by atoms with E-state index in [0.717, 1.165) is 6.54 Å². The molecule has 0 fully saturated rings. The van der Waals surface area contributed by atoms with E-state index >= 15 is 0 Å². The Hall–Kier alpha value is -0.820. The minimum atomic E-state index is 0.457. The molecule has 0 amide bonds. The van der Waals surface area contributed by atoms with Gasteiger partial charge in [-0.15, -0.1) is 0 Å². The lowest BCUT2D eigenvalue weighted by molar-refractivity contribution is 0.260. The smallest absolute Gasteiger partial charge is 0.0207 e. The highest BCUT2D eigenvalue weighted by molar-refractivity contribution is 5.14. The van der Waals surface area contributed by atoms with Crippen molar-refractivity contribution >= 4 is 0 Å². The maximum atomic E-state index is 3.63. The van der Waals surface area contributed by atoms with Crippen molar-refractivity contribution in [2.45, 2.75) is 66.0 Å². The van der Waals surface area contributed by atoms with Crippen LogP contribution in [0, 0.1) is 5.41 Å². The summed E-state index contributed by atoms with van der Waals surface area (Å²) in [5.74, 6) is 0. The van der Waals surface area contributed by atoms with E-state index in [0.29, 0.717) is 11.5 Å². The van der Waals surface area contributed by atoms with Gasteiger partial charge >= 0.3 is 0 Å². The van der Waals surface area contributed by atoms with Crippen molar-refractivity contribution in [3.63, 3.8) is 0 Å². The molecular weight excluding hydrogens is 218 g/mol. The SMILES string of the molecule is CCCCC(C)(C)CC(C)NCc1ccccc1. The summed E-state index contributed by atoms with van der Waals surface area (Å²) in [6.45, 7) is 10.3. The predicted octanol–water partition coefficient (Wildman–Crippen LogP) is 4.77. The molecule has 1 rings (SSSR count). The first-order valence-electron chi connectivity index (χ1n) is 7.31. The van der Waals surface area contributed by atoms with Crippen LogP contribution in [-0.4, -0.2) is 6.04 Å². The number of benzene rings is 1. The number of unbranched alkanes of at least 4 members (excludes halogenated alkanes) is 1. The van der Waals surface area contributed by atoms with Crippen molar-refractivity contribution in [2.75, 3.05) is 0 Å². The molecule has 0 saturated carbocycles. The Kier molecular flexibility index (Phi) is 6.42. The van der Waals surface area contributed by atoms with Crippen LogP contribution in [0.1, 0.15) is 58.9 Å². The van der Waals surface area contributed by atoms with Crippen LogP contribution in [0.25, 0.3) is 0 Å². The number of hydrogen-bond donors (Lipinski definition) is 1. The molecule has 1 unspecified atom stereocenters. The minimum absolute atomic E-state index is 0.457. The molecule has 18 heavy (non-hydrogen) atoms. The van der Waals surface area contributed by atoms with Crippen LogP contribution in [-0.2, 0) is 6.54 Å². The van der Waals surface area contributed by atoms with Crippen molar-refractivity contribution < 1.29 is 0 Å². The summed E-state index contributed by atoms with van der Waals surface area (Å²) >= 11 is 0. The zero-order valence-electron chi connectivity index (χ0n) is 12.5. The Morgan fingerprint density at radius 1 is 1.17 bits per heavy atom. The number of hydrogen-bond acceptors (Lipinski definition) is 1. The van der Waals surface area contributed by atoms with Gasteiger partial charge in [0.25, 0.3) is 0 Å². The molecule has 0 heterocycles.